The summed E-state index contributed by atoms with van der Waals surface area (Å²) in [7, 11) is 0. The topological polar surface area (TPSA) is 35.1 Å². The first-order valence-corrected chi connectivity index (χ1v) is 18.6. The molecule has 5 heteroatoms. The molecule has 0 radical (unpaired) electrons. The van der Waals surface area contributed by atoms with Gasteiger partial charge in [-0.05, 0) is 72.9 Å². The van der Waals surface area contributed by atoms with Gasteiger partial charge in [0.25, 0.3) is 0 Å². The van der Waals surface area contributed by atoms with E-state index in [1.165, 1.54) is 33.1 Å². The first kappa shape index (κ1) is 29.8. The van der Waals surface area contributed by atoms with E-state index in [1.54, 1.807) is 0 Å². The van der Waals surface area contributed by atoms with Crippen molar-refractivity contribution in [3.05, 3.63) is 113 Å². The van der Waals surface area contributed by atoms with Crippen molar-refractivity contribution in [2.24, 2.45) is 5.41 Å². The number of rotatable bonds is 6. The van der Waals surface area contributed by atoms with Gasteiger partial charge in [-0.25, -0.2) is 0 Å². The molecule has 40 heavy (non-hydrogen) atoms. The van der Waals surface area contributed by atoms with E-state index in [-0.39, 0.29) is 28.4 Å². The number of fused-ring (bicyclic) bond motifs is 2. The average Bonchev–Trinajstić information content (AvgIpc) is 3.27. The van der Waals surface area contributed by atoms with E-state index in [2.05, 4.69) is 124 Å². The summed E-state index contributed by atoms with van der Waals surface area (Å²) in [5.74, 6) is 0.240. The monoisotopic (exact) mass is 589 g/mol. The van der Waals surface area contributed by atoms with Gasteiger partial charge >= 0.3 is 0 Å². The van der Waals surface area contributed by atoms with E-state index in [1.807, 2.05) is 20.8 Å². The molecule has 2 heterocycles. The van der Waals surface area contributed by atoms with Crippen molar-refractivity contribution in [1.82, 2.24) is 4.72 Å². The SMILES string of the molecule is CC1=C(c2ccccc2)[P@]2(=S)C[C@]1(C)[C@H](c1ccccc1)C2C(N[S+]([O-])C(C)(C)C)c1ccc(C(C)(C)C)cc1. The summed E-state index contributed by atoms with van der Waals surface area (Å²) >= 11 is 5.73. The minimum absolute atomic E-state index is 0.0543. The Morgan fingerprint density at radius 1 is 0.900 bits per heavy atom. The standard InChI is InChI=1S/C35H44NOPS2/c1-24-31(27-17-13-10-14-18-27)38(39)23-35(24,8)29(25-15-11-9-12-16-25)32(38)30(36-40(37)34(5,6)7)26-19-21-28(22-20-26)33(2,3)4/h9-22,29-30,32,36H,23H2,1-8H3/t29-,30?,32?,35+,38-,40?/m1/s1. The van der Waals surface area contributed by atoms with Crippen LogP contribution < -0.4 is 4.72 Å². The molecule has 1 fully saturated rings. The molecule has 3 aromatic carbocycles. The molecule has 2 bridgehead atoms. The molecule has 0 aromatic heterocycles. The van der Waals surface area contributed by atoms with Gasteiger partial charge in [-0.2, -0.15) is 0 Å². The Hall–Kier alpha value is -1.68. The molecule has 2 aliphatic rings. The van der Waals surface area contributed by atoms with Gasteiger partial charge in [0, 0.05) is 28.4 Å². The van der Waals surface area contributed by atoms with Crippen LogP contribution in [0.1, 0.15) is 89.6 Å². The lowest BCUT2D eigenvalue weighted by Crippen LogP contribution is -2.46. The molecule has 0 spiro atoms. The number of benzene rings is 3. The number of nitrogens with one attached hydrogen (secondary N) is 1. The summed E-state index contributed by atoms with van der Waals surface area (Å²) in [5, 5.41) is 1.41. The van der Waals surface area contributed by atoms with Crippen LogP contribution >= 0.6 is 6.04 Å². The van der Waals surface area contributed by atoms with Crippen LogP contribution in [-0.2, 0) is 28.6 Å². The van der Waals surface area contributed by atoms with E-state index in [9.17, 15) is 4.55 Å². The maximum atomic E-state index is 13.8. The fraction of sp³-hybridized carbons (Fsp3) is 0.429. The minimum Gasteiger partial charge on any atom is -0.598 e. The zero-order chi connectivity index (χ0) is 29.1. The zero-order valence-electron chi connectivity index (χ0n) is 25.2. The molecule has 2 aliphatic heterocycles. The lowest BCUT2D eigenvalue weighted by Gasteiger charge is -2.44. The zero-order valence-corrected chi connectivity index (χ0v) is 27.7. The molecule has 5 rings (SSSR count). The molecule has 0 saturated carbocycles. The van der Waals surface area contributed by atoms with Gasteiger partial charge < -0.3 is 4.55 Å². The molecule has 0 amide bonds. The number of hydrogen-bond donors (Lipinski definition) is 1. The highest BCUT2D eigenvalue weighted by atomic mass is 32.4. The quantitative estimate of drug-likeness (QED) is 0.230. The minimum atomic E-state index is -2.12. The van der Waals surface area contributed by atoms with Crippen molar-refractivity contribution in [3.8, 4) is 0 Å². The molecule has 212 valence electrons. The van der Waals surface area contributed by atoms with Crippen LogP contribution in [0.3, 0.4) is 0 Å². The second kappa shape index (κ2) is 10.5. The van der Waals surface area contributed by atoms with Crippen molar-refractivity contribution in [2.75, 3.05) is 6.16 Å². The van der Waals surface area contributed by atoms with Gasteiger partial charge in [-0.3, -0.25) is 0 Å². The molecular formula is C35H44NOPS2. The number of hydrogen-bond acceptors (Lipinski definition) is 3. The highest BCUT2D eigenvalue weighted by molar-refractivity contribution is 8.20. The normalized spacial score (nSPS) is 28.1. The third-order valence-corrected chi connectivity index (χ3v) is 16.4. The fourth-order valence-corrected chi connectivity index (χ4v) is 15.4. The predicted octanol–water partition coefficient (Wildman–Crippen LogP) is 9.17. The van der Waals surface area contributed by atoms with Gasteiger partial charge in [0.15, 0.2) is 0 Å². The molecule has 6 atom stereocenters. The fourth-order valence-electron chi connectivity index (χ4n) is 6.95. The summed E-state index contributed by atoms with van der Waals surface area (Å²) in [6.45, 7) is 17.7. The van der Waals surface area contributed by atoms with Crippen LogP contribution in [0.15, 0.2) is 90.5 Å². The molecule has 1 N–H and O–H groups in total. The van der Waals surface area contributed by atoms with E-state index >= 15 is 0 Å². The van der Waals surface area contributed by atoms with Crippen LogP contribution in [0.5, 0.6) is 0 Å². The van der Waals surface area contributed by atoms with Crippen LogP contribution in [0.25, 0.3) is 5.31 Å². The average molecular weight is 590 g/mol. The molecule has 3 aromatic rings. The van der Waals surface area contributed by atoms with Crippen molar-refractivity contribution in [2.45, 2.75) is 83.2 Å². The Morgan fingerprint density at radius 2 is 1.45 bits per heavy atom. The summed E-state index contributed by atoms with van der Waals surface area (Å²) in [6, 6.07) is 28.6. The summed E-state index contributed by atoms with van der Waals surface area (Å²) in [4.78, 5) is 0. The summed E-state index contributed by atoms with van der Waals surface area (Å²) in [5.41, 5.74) is 6.69. The first-order valence-electron chi connectivity index (χ1n) is 14.4. The highest BCUT2D eigenvalue weighted by Gasteiger charge is 2.64. The molecule has 0 aliphatic carbocycles. The van der Waals surface area contributed by atoms with Crippen LogP contribution in [-0.4, -0.2) is 21.1 Å². The van der Waals surface area contributed by atoms with Crippen LogP contribution in [0.2, 0.25) is 0 Å². The number of allylic oxidation sites excluding steroid dienone is 1. The van der Waals surface area contributed by atoms with Crippen molar-refractivity contribution < 1.29 is 4.55 Å². The van der Waals surface area contributed by atoms with Crippen LogP contribution in [0.4, 0.5) is 0 Å². The molecular weight excluding hydrogens is 545 g/mol. The largest absolute Gasteiger partial charge is 0.598 e. The predicted molar refractivity (Wildman–Crippen MR) is 178 cm³/mol. The second-order valence-electron chi connectivity index (χ2n) is 13.9. The van der Waals surface area contributed by atoms with Gasteiger partial charge in [0.1, 0.15) is 4.75 Å². The smallest absolute Gasteiger partial charge is 0.136 e. The van der Waals surface area contributed by atoms with E-state index in [0.29, 0.717) is 0 Å². The Labute approximate surface area is 250 Å². The molecule has 3 unspecified atom stereocenters. The Bertz CT molecular complexity index is 1440. The summed E-state index contributed by atoms with van der Waals surface area (Å²) in [6.07, 6.45) is 1.01. The third-order valence-electron chi connectivity index (χ3n) is 9.14. The maximum Gasteiger partial charge on any atom is 0.136 e. The lowest BCUT2D eigenvalue weighted by molar-refractivity contribution is 0.345. The van der Waals surface area contributed by atoms with Gasteiger partial charge in [0.2, 0.25) is 0 Å². The van der Waals surface area contributed by atoms with Crippen molar-refractivity contribution >= 4 is 34.5 Å². The maximum absolute atomic E-state index is 13.8. The Morgan fingerprint density at radius 3 is 1.98 bits per heavy atom. The van der Waals surface area contributed by atoms with Crippen molar-refractivity contribution in [3.63, 3.8) is 0 Å². The van der Waals surface area contributed by atoms with Crippen LogP contribution in [0, 0.1) is 5.41 Å². The molecule has 1 saturated heterocycles. The van der Waals surface area contributed by atoms with E-state index < -0.39 is 22.1 Å². The van der Waals surface area contributed by atoms with Gasteiger partial charge in [-0.15, -0.1) is 4.72 Å². The lowest BCUT2D eigenvalue weighted by atomic mass is 9.67. The van der Waals surface area contributed by atoms with Gasteiger partial charge in [-0.1, -0.05) is 130 Å². The molecule has 2 nitrogen and oxygen atoms in total. The van der Waals surface area contributed by atoms with Gasteiger partial charge in [0.05, 0.1) is 6.04 Å². The summed E-state index contributed by atoms with van der Waals surface area (Å²) < 4.78 is 17.2. The van der Waals surface area contributed by atoms with E-state index in [4.69, 9.17) is 11.8 Å². The third kappa shape index (κ3) is 5.09. The first-order chi connectivity index (χ1) is 18.7. The second-order valence-corrected chi connectivity index (χ2v) is 20.8. The Kier molecular flexibility index (Phi) is 7.86. The van der Waals surface area contributed by atoms with E-state index in [0.717, 1.165) is 6.16 Å². The Balaban J connectivity index is 1.74. The highest BCUT2D eigenvalue weighted by Crippen LogP contribution is 2.84. The van der Waals surface area contributed by atoms with Crippen molar-refractivity contribution in [1.29, 1.82) is 0 Å².